The molecule has 1 aromatic rings. The van der Waals surface area contributed by atoms with Crippen LogP contribution in [-0.2, 0) is 23.9 Å². The van der Waals surface area contributed by atoms with E-state index < -0.39 is 76.5 Å². The number of likely N-dealkylation sites (tertiary alicyclic amines) is 1. The van der Waals surface area contributed by atoms with Crippen LogP contribution in [0.4, 0.5) is 11.4 Å². The summed E-state index contributed by atoms with van der Waals surface area (Å²) in [5, 5.41) is 65.5. The van der Waals surface area contributed by atoms with E-state index in [0.717, 1.165) is 19.6 Å². The fourth-order valence-corrected chi connectivity index (χ4v) is 9.59. The van der Waals surface area contributed by atoms with Gasteiger partial charge in [-0.3, -0.25) is 24.2 Å². The van der Waals surface area contributed by atoms with Crippen LogP contribution < -0.4 is 26.5 Å². The lowest BCUT2D eigenvalue weighted by Gasteiger charge is -2.38. The Morgan fingerprint density at radius 3 is 2.18 bits per heavy atom. The molecule has 18 heteroatoms. The average Bonchev–Trinajstić information content (AvgIpc) is 3.65. The molecule has 3 rings (SSSR count). The predicted molar refractivity (Wildman–Crippen MR) is 286 cm³/mol. The standard InChI is InChI=1S/C53H85IN6O11/c1-15-38(22-29-70-52(11,12)69)34(5)48(71-40(62)21-17-20-39(61)55-25-28-59(13)14)37(8)46(64)36(7)45(63)31(2)18-16-19-32(3)50(67)56-44-43-42(35(6)41(47(44)65)49(66)51(9,10)68)57-53(58-43)23-26-60(27-24-53)30-33(4)54/h16,18-19,22,29,31,33-34,36-38,45-46,48,58,63-65,68-69H,6,15,17,20-21,23-28,30H2,1-5,7-14H3,(H,55,61)(H,56,67)/b18-16+,29-22+,32-19-/t31-,33?,34+,36+,37+,38-,45-,46+,48+/m0/s1. The normalized spacial score (nSPS) is 19.2. The quantitative estimate of drug-likeness (QED) is 0.00653. The minimum atomic E-state index is -1.86. The average molecular weight is 1110 g/mol. The number of hydrogen-bond donors (Lipinski definition) is 8. The molecule has 0 bridgehead atoms. The molecule has 1 spiro atoms. The summed E-state index contributed by atoms with van der Waals surface area (Å²) in [6.07, 6.45) is 7.40. The number of piperidine rings is 1. The van der Waals surface area contributed by atoms with Crippen molar-refractivity contribution in [2.45, 2.75) is 154 Å². The van der Waals surface area contributed by atoms with Crippen molar-refractivity contribution in [2.75, 3.05) is 57.5 Å². The number of aromatic hydroxyl groups is 1. The van der Waals surface area contributed by atoms with Gasteiger partial charge in [0.2, 0.25) is 11.7 Å². The van der Waals surface area contributed by atoms with Gasteiger partial charge >= 0.3 is 5.97 Å². The summed E-state index contributed by atoms with van der Waals surface area (Å²) in [5.41, 5.74) is -2.31. The van der Waals surface area contributed by atoms with Crippen LogP contribution in [0.25, 0.3) is 6.58 Å². The number of nitrogens with one attached hydrogen (secondary N) is 3. The van der Waals surface area contributed by atoms with Gasteiger partial charge in [-0.25, -0.2) is 0 Å². The smallest absolute Gasteiger partial charge is 0.306 e. The largest absolute Gasteiger partial charge is 0.505 e. The highest BCUT2D eigenvalue weighted by atomic mass is 127. The highest BCUT2D eigenvalue weighted by Crippen LogP contribution is 2.40. The van der Waals surface area contributed by atoms with E-state index in [1.165, 1.54) is 34.0 Å². The summed E-state index contributed by atoms with van der Waals surface area (Å²) >= 11 is 2.40. The lowest BCUT2D eigenvalue weighted by atomic mass is 9.76. The topological polar surface area (TPSA) is 243 Å². The minimum Gasteiger partial charge on any atom is -0.505 e. The number of ether oxygens (including phenoxy) is 2. The van der Waals surface area contributed by atoms with Crippen LogP contribution in [0.15, 0.2) is 41.1 Å². The van der Waals surface area contributed by atoms with Gasteiger partial charge in [-0.1, -0.05) is 88.9 Å². The third-order valence-corrected chi connectivity index (χ3v) is 13.9. The molecule has 9 atom stereocenters. The van der Waals surface area contributed by atoms with Crippen molar-refractivity contribution in [2.24, 2.45) is 34.6 Å². The van der Waals surface area contributed by atoms with E-state index >= 15 is 0 Å². The fraction of sp³-hybridized carbons (Fsp3) is 0.679. The van der Waals surface area contributed by atoms with Gasteiger partial charge in [0.1, 0.15) is 23.1 Å². The van der Waals surface area contributed by atoms with Gasteiger partial charge in [-0.2, -0.15) is 0 Å². The Kier molecular flexibility index (Phi) is 23.2. The Labute approximate surface area is 435 Å². The van der Waals surface area contributed by atoms with E-state index in [1.54, 1.807) is 52.0 Å². The molecule has 0 radical (unpaired) electrons. The van der Waals surface area contributed by atoms with Crippen molar-refractivity contribution >= 4 is 64.1 Å². The molecule has 17 nitrogen and oxygen atoms in total. The number of likely N-dealkylation sites (N-methyl/N-ethyl adjacent to an activating group) is 1. The summed E-state index contributed by atoms with van der Waals surface area (Å²) in [6, 6.07) is 0. The van der Waals surface area contributed by atoms with E-state index in [1.807, 2.05) is 32.8 Å². The maximum Gasteiger partial charge on any atom is 0.306 e. The van der Waals surface area contributed by atoms with Crippen molar-refractivity contribution in [3.05, 3.63) is 52.3 Å². The molecule has 1 aromatic carbocycles. The lowest BCUT2D eigenvalue weighted by Crippen LogP contribution is -2.47. The first kappa shape index (κ1) is 61.4. The molecule has 2 aliphatic heterocycles. The van der Waals surface area contributed by atoms with E-state index in [2.05, 4.69) is 56.9 Å². The Morgan fingerprint density at radius 1 is 0.986 bits per heavy atom. The van der Waals surface area contributed by atoms with Crippen LogP contribution in [0.3, 0.4) is 0 Å². The first-order valence-corrected chi connectivity index (χ1v) is 26.3. The Balaban J connectivity index is 1.81. The molecule has 2 aliphatic rings. The van der Waals surface area contributed by atoms with E-state index in [9.17, 15) is 44.7 Å². The number of fused-ring (bicyclic) bond motifs is 1. The van der Waals surface area contributed by atoms with Crippen LogP contribution in [0.2, 0.25) is 0 Å². The summed E-state index contributed by atoms with van der Waals surface area (Å²) < 4.78 is 12.0. The van der Waals surface area contributed by atoms with Crippen LogP contribution in [-0.4, -0.2) is 145 Å². The molecule has 71 heavy (non-hydrogen) atoms. The lowest BCUT2D eigenvalue weighted by molar-refractivity contribution is -0.161. The zero-order valence-electron chi connectivity index (χ0n) is 44.5. The maximum absolute atomic E-state index is 13.8. The van der Waals surface area contributed by atoms with Gasteiger partial charge in [0.25, 0.3) is 5.91 Å². The molecular formula is C53H85IN6O11. The number of benzene rings is 1. The molecule has 2 amide bonds. The maximum atomic E-state index is 13.8. The number of aliphatic hydroxyl groups is 4. The molecule has 1 saturated heterocycles. The summed E-state index contributed by atoms with van der Waals surface area (Å²) in [7, 11) is 3.82. The van der Waals surface area contributed by atoms with E-state index in [0.29, 0.717) is 47.3 Å². The minimum absolute atomic E-state index is 0.00792. The second kappa shape index (κ2) is 26.9. The summed E-state index contributed by atoms with van der Waals surface area (Å²) in [5.74, 6) is -6.38. The number of ketones is 1. The number of phenols is 1. The summed E-state index contributed by atoms with van der Waals surface area (Å²) in [6.45, 7) is 26.3. The molecule has 0 saturated carbocycles. The molecule has 0 aromatic heterocycles. The van der Waals surface area contributed by atoms with E-state index in [-0.39, 0.29) is 59.0 Å². The highest BCUT2D eigenvalue weighted by molar-refractivity contribution is 14.1. The number of Topliss-reactive ketones (excluding diaryl/α,β-unsaturated/α-hetero) is 1. The number of phenolic OH excluding ortho intramolecular Hbond substituents is 1. The fourth-order valence-electron chi connectivity index (χ4n) is 9.03. The predicted octanol–water partition coefficient (Wildman–Crippen LogP) is 5.17. The van der Waals surface area contributed by atoms with Gasteiger partial charge in [0.15, 0.2) is 11.5 Å². The van der Waals surface area contributed by atoms with Crippen LogP contribution in [0, 0.1) is 29.6 Å². The van der Waals surface area contributed by atoms with Gasteiger partial charge in [0, 0.05) is 105 Å². The number of rotatable bonds is 27. The molecular weight excluding hydrogens is 1020 g/mol. The summed E-state index contributed by atoms with van der Waals surface area (Å²) in [4.78, 5) is 62.5. The molecule has 8 N–H and O–H groups in total. The van der Waals surface area contributed by atoms with Crippen LogP contribution in [0.5, 0.6) is 5.75 Å². The van der Waals surface area contributed by atoms with Crippen molar-refractivity contribution in [3.63, 3.8) is 0 Å². The number of alkyl halides is 1. The first-order chi connectivity index (χ1) is 32.9. The van der Waals surface area contributed by atoms with Crippen molar-refractivity contribution < 1.29 is 54.2 Å². The monoisotopic (exact) mass is 1110 g/mol. The third kappa shape index (κ3) is 17.9. The zero-order chi connectivity index (χ0) is 53.8. The molecule has 400 valence electrons. The number of hydrogen-bond acceptors (Lipinski definition) is 15. The number of aliphatic hydroxyl groups excluding tert-OH is 2. The van der Waals surface area contributed by atoms with Crippen LogP contribution in [0.1, 0.15) is 125 Å². The first-order valence-electron chi connectivity index (χ1n) is 25.0. The zero-order valence-corrected chi connectivity index (χ0v) is 46.6. The number of carbonyl (C=O) groups excluding carboxylic acids is 4. The second-order valence-electron chi connectivity index (χ2n) is 21.1. The molecule has 2 heterocycles. The van der Waals surface area contributed by atoms with E-state index in [4.69, 9.17) is 14.5 Å². The number of anilines is 2. The van der Waals surface area contributed by atoms with Crippen molar-refractivity contribution in [3.8, 4) is 5.75 Å². The second-order valence-corrected chi connectivity index (χ2v) is 23.2. The number of amides is 2. The van der Waals surface area contributed by atoms with Crippen LogP contribution >= 0.6 is 22.6 Å². The Bertz CT molecular complexity index is 2190. The number of carbonyl (C=O) groups is 4. The number of nitrogens with zero attached hydrogens (tertiary/aromatic N) is 3. The number of esters is 1. The van der Waals surface area contributed by atoms with Gasteiger partial charge in [-0.05, 0) is 65.6 Å². The number of halogens is 1. The molecule has 0 aliphatic carbocycles. The van der Waals surface area contributed by atoms with Gasteiger partial charge in [-0.15, -0.1) is 0 Å². The van der Waals surface area contributed by atoms with Gasteiger partial charge in [0.05, 0.1) is 35.1 Å². The molecule has 1 unspecified atom stereocenters. The Morgan fingerprint density at radius 2 is 1.62 bits per heavy atom. The SMILES string of the molecule is C=c1c(C(=O)C(C)(C)O)c(O)c(NC(=O)/C(C)=C\C=C\[C@H](C)[C@H](O)[C@@H](C)[C@@H](O)[C@@H](C)[C@H](OC(=O)CCCC(=O)NCCN(C)C)[C@H](C)[C@H](/C=C/OC(C)(C)O)CC)c2c1=NC1(CCN(CC(C)I)CC1)N2. The highest BCUT2D eigenvalue weighted by Gasteiger charge is 2.42. The third-order valence-electron chi connectivity index (χ3n) is 13.5. The Hall–Kier alpha value is -3.92. The van der Waals surface area contributed by atoms with Crippen molar-refractivity contribution in [1.82, 2.24) is 15.1 Å². The van der Waals surface area contributed by atoms with Crippen molar-refractivity contribution in [1.29, 1.82) is 0 Å². The number of allylic oxidation sites excluding steroid dienone is 3. The van der Waals surface area contributed by atoms with Gasteiger partial charge < -0.3 is 60.8 Å². The molecule has 1 fully saturated rings.